The van der Waals surface area contributed by atoms with Gasteiger partial charge in [0.1, 0.15) is 5.82 Å². The van der Waals surface area contributed by atoms with E-state index in [1.807, 2.05) is 13.2 Å². The van der Waals surface area contributed by atoms with Gasteiger partial charge in [0.2, 0.25) is 0 Å². The van der Waals surface area contributed by atoms with Gasteiger partial charge in [-0.25, -0.2) is 4.98 Å². The average Bonchev–Trinajstić information content (AvgIpc) is 2.99. The van der Waals surface area contributed by atoms with E-state index < -0.39 is 0 Å². The minimum Gasteiger partial charge on any atom is -0.388 e. The predicted molar refractivity (Wildman–Crippen MR) is 86.1 cm³/mol. The number of fused-ring (bicyclic) bond motifs is 4. The van der Waals surface area contributed by atoms with E-state index in [1.165, 1.54) is 5.56 Å². The fourth-order valence-electron chi connectivity index (χ4n) is 2.78. The maximum Gasteiger partial charge on any atom is 0.123 e. The molecule has 21 heavy (non-hydrogen) atoms. The zero-order chi connectivity index (χ0) is 14.7. The molecule has 1 unspecified atom stereocenters. The van der Waals surface area contributed by atoms with Gasteiger partial charge in [-0.2, -0.15) is 0 Å². The second-order valence-electron chi connectivity index (χ2n) is 5.57. The molecule has 0 aliphatic carbocycles. The summed E-state index contributed by atoms with van der Waals surface area (Å²) in [6.45, 7) is 1.88. The van der Waals surface area contributed by atoms with Crippen LogP contribution in [0.15, 0.2) is 24.4 Å². The van der Waals surface area contributed by atoms with Crippen molar-refractivity contribution in [2.24, 2.45) is 5.73 Å². The number of benzene rings is 1. The highest BCUT2D eigenvalue weighted by molar-refractivity contribution is 5.67. The number of anilines is 1. The van der Waals surface area contributed by atoms with E-state index in [1.54, 1.807) is 0 Å². The van der Waals surface area contributed by atoms with Gasteiger partial charge in [0.05, 0.1) is 11.7 Å². The molecule has 1 aliphatic heterocycles. The molecule has 0 radical (unpaired) electrons. The second kappa shape index (κ2) is 6.28. The lowest BCUT2D eigenvalue weighted by atomic mass is 10.0. The lowest BCUT2D eigenvalue weighted by Gasteiger charge is -2.13. The number of hydrogen-bond acceptors (Lipinski definition) is 4. The molecule has 0 fully saturated rings. The standard InChI is InChI=1S/C16H23N5/c1-18-12-5-6-13-11(8-12)9-19-7-3-2-4-14(17)16-20-10-15(13)21-16/h5-6,8,10,14,18-19H,2-4,7,9,17H2,1H3,(H,20,21). The average molecular weight is 285 g/mol. The van der Waals surface area contributed by atoms with Crippen LogP contribution in [0.4, 0.5) is 5.69 Å². The molecule has 0 amide bonds. The van der Waals surface area contributed by atoms with Gasteiger partial charge < -0.3 is 21.4 Å². The highest BCUT2D eigenvalue weighted by Gasteiger charge is 2.14. The van der Waals surface area contributed by atoms with Crippen molar-refractivity contribution < 1.29 is 0 Å². The summed E-state index contributed by atoms with van der Waals surface area (Å²) in [5.74, 6) is 0.891. The van der Waals surface area contributed by atoms with Crippen LogP contribution in [0.3, 0.4) is 0 Å². The number of hydrogen-bond donors (Lipinski definition) is 4. The van der Waals surface area contributed by atoms with Crippen molar-refractivity contribution in [2.75, 3.05) is 18.9 Å². The number of rotatable bonds is 1. The zero-order valence-electron chi connectivity index (χ0n) is 12.4. The molecule has 5 nitrogen and oxygen atoms in total. The van der Waals surface area contributed by atoms with Crippen molar-refractivity contribution in [3.8, 4) is 11.3 Å². The molecule has 3 rings (SSSR count). The zero-order valence-corrected chi connectivity index (χ0v) is 12.4. The highest BCUT2D eigenvalue weighted by Crippen LogP contribution is 2.27. The molecule has 2 bridgehead atoms. The van der Waals surface area contributed by atoms with Gasteiger partial charge in [-0.05, 0) is 37.1 Å². The summed E-state index contributed by atoms with van der Waals surface area (Å²) in [6, 6.07) is 6.39. The fraction of sp³-hybridized carbons (Fsp3) is 0.438. The molecule has 2 heterocycles. The first-order valence-corrected chi connectivity index (χ1v) is 7.60. The highest BCUT2D eigenvalue weighted by atomic mass is 15.0. The number of nitrogens with zero attached hydrogens (tertiary/aromatic N) is 1. The molecule has 2 aromatic rings. The third-order valence-corrected chi connectivity index (χ3v) is 4.05. The molecular weight excluding hydrogens is 262 g/mol. The Morgan fingerprint density at radius 3 is 3.10 bits per heavy atom. The summed E-state index contributed by atoms with van der Waals surface area (Å²) in [7, 11) is 1.94. The van der Waals surface area contributed by atoms with Gasteiger partial charge in [0.15, 0.2) is 0 Å². The lowest BCUT2D eigenvalue weighted by molar-refractivity contribution is 0.542. The molecule has 5 heteroatoms. The Kier molecular flexibility index (Phi) is 4.22. The first-order valence-electron chi connectivity index (χ1n) is 7.60. The normalized spacial score (nSPS) is 19.2. The number of imidazole rings is 1. The second-order valence-corrected chi connectivity index (χ2v) is 5.57. The van der Waals surface area contributed by atoms with Crippen LogP contribution in [0.25, 0.3) is 11.3 Å². The van der Waals surface area contributed by atoms with Crippen molar-refractivity contribution in [2.45, 2.75) is 31.8 Å². The summed E-state index contributed by atoms with van der Waals surface area (Å²) in [6.07, 6.45) is 5.20. The summed E-state index contributed by atoms with van der Waals surface area (Å²) >= 11 is 0. The molecule has 1 aromatic heterocycles. The summed E-state index contributed by atoms with van der Waals surface area (Å²) in [5.41, 5.74) is 10.7. The molecular formula is C16H23N5. The minimum atomic E-state index is -0.00166. The predicted octanol–water partition coefficient (Wildman–Crippen LogP) is 2.39. The van der Waals surface area contributed by atoms with E-state index in [4.69, 9.17) is 10.7 Å². The third-order valence-electron chi connectivity index (χ3n) is 4.05. The van der Waals surface area contributed by atoms with Gasteiger partial charge in [-0.15, -0.1) is 0 Å². The Morgan fingerprint density at radius 2 is 2.24 bits per heavy atom. The lowest BCUT2D eigenvalue weighted by Crippen LogP contribution is -2.17. The number of aromatic nitrogens is 2. The van der Waals surface area contributed by atoms with Crippen LogP contribution in [0.1, 0.15) is 36.7 Å². The van der Waals surface area contributed by atoms with E-state index in [0.29, 0.717) is 0 Å². The van der Waals surface area contributed by atoms with Gasteiger partial charge in [0, 0.05) is 31.0 Å². The van der Waals surface area contributed by atoms with Crippen LogP contribution < -0.4 is 16.4 Å². The number of nitrogens with two attached hydrogens (primary N) is 1. The van der Waals surface area contributed by atoms with E-state index >= 15 is 0 Å². The van der Waals surface area contributed by atoms with Crippen molar-refractivity contribution in [1.29, 1.82) is 0 Å². The van der Waals surface area contributed by atoms with E-state index in [0.717, 1.165) is 55.1 Å². The summed E-state index contributed by atoms with van der Waals surface area (Å²) < 4.78 is 0. The van der Waals surface area contributed by atoms with Gasteiger partial charge in [-0.3, -0.25) is 0 Å². The minimum absolute atomic E-state index is 0.00166. The van der Waals surface area contributed by atoms with Crippen LogP contribution in [0.5, 0.6) is 0 Å². The number of H-pyrrole nitrogens is 1. The topological polar surface area (TPSA) is 78.8 Å². The van der Waals surface area contributed by atoms with Crippen molar-refractivity contribution in [3.05, 3.63) is 35.8 Å². The van der Waals surface area contributed by atoms with E-state index in [9.17, 15) is 0 Å². The van der Waals surface area contributed by atoms with Crippen LogP contribution in [0, 0.1) is 0 Å². The first-order chi connectivity index (χ1) is 10.3. The van der Waals surface area contributed by atoms with E-state index in [-0.39, 0.29) is 6.04 Å². The Hall–Kier alpha value is -1.85. The number of aromatic amines is 1. The molecule has 0 spiro atoms. The molecule has 112 valence electrons. The largest absolute Gasteiger partial charge is 0.388 e. The smallest absolute Gasteiger partial charge is 0.123 e. The molecule has 1 aromatic carbocycles. The third kappa shape index (κ3) is 3.09. The monoisotopic (exact) mass is 285 g/mol. The Labute approximate surface area is 125 Å². The summed E-state index contributed by atoms with van der Waals surface area (Å²) in [4.78, 5) is 7.93. The molecule has 0 saturated carbocycles. The van der Waals surface area contributed by atoms with Crippen LogP contribution in [0.2, 0.25) is 0 Å². The fourth-order valence-corrected chi connectivity index (χ4v) is 2.78. The molecule has 0 saturated heterocycles. The SMILES string of the molecule is CNc1ccc2c(c1)CNCCCCC(N)c1nc-2c[nH]1. The van der Waals surface area contributed by atoms with Crippen molar-refractivity contribution in [1.82, 2.24) is 15.3 Å². The molecule has 1 aliphatic rings. The summed E-state index contributed by atoms with van der Waals surface area (Å²) in [5, 5.41) is 6.71. The van der Waals surface area contributed by atoms with Crippen molar-refractivity contribution in [3.63, 3.8) is 0 Å². The molecule has 5 N–H and O–H groups in total. The Balaban J connectivity index is 2.01. The Morgan fingerprint density at radius 1 is 1.33 bits per heavy atom. The van der Waals surface area contributed by atoms with Crippen LogP contribution in [-0.2, 0) is 6.54 Å². The number of nitrogens with one attached hydrogen (secondary N) is 3. The van der Waals surface area contributed by atoms with Crippen LogP contribution in [-0.4, -0.2) is 23.6 Å². The maximum atomic E-state index is 6.20. The van der Waals surface area contributed by atoms with Gasteiger partial charge in [0.25, 0.3) is 0 Å². The first kappa shape index (κ1) is 14.1. The maximum absolute atomic E-state index is 6.20. The molecule has 1 atom stereocenters. The Bertz CT molecular complexity index is 604. The van der Waals surface area contributed by atoms with Crippen LogP contribution >= 0.6 is 0 Å². The van der Waals surface area contributed by atoms with Crippen molar-refractivity contribution >= 4 is 5.69 Å². The van der Waals surface area contributed by atoms with E-state index in [2.05, 4.69) is 33.8 Å². The quantitative estimate of drug-likeness (QED) is 0.649. The van der Waals surface area contributed by atoms with Gasteiger partial charge >= 0.3 is 0 Å². The van der Waals surface area contributed by atoms with Gasteiger partial charge in [-0.1, -0.05) is 12.5 Å².